The van der Waals surface area contributed by atoms with Gasteiger partial charge in [-0.05, 0) is 105 Å². The summed E-state index contributed by atoms with van der Waals surface area (Å²) in [5.41, 5.74) is 8.57. The van der Waals surface area contributed by atoms with E-state index in [1.54, 1.807) is 56.4 Å². The molecule has 6 rings (SSSR count). The van der Waals surface area contributed by atoms with Crippen LogP contribution in [0.4, 0.5) is 4.39 Å². The summed E-state index contributed by atoms with van der Waals surface area (Å²) in [5, 5.41) is 0. The Kier molecular flexibility index (Phi) is 10.9. The van der Waals surface area contributed by atoms with Gasteiger partial charge in [-0.1, -0.05) is 23.8 Å². The molecule has 0 saturated heterocycles. The van der Waals surface area contributed by atoms with Crippen molar-refractivity contribution in [3.05, 3.63) is 138 Å². The molecule has 0 atom stereocenters. The van der Waals surface area contributed by atoms with Gasteiger partial charge in [-0.2, -0.15) is 0 Å². The third-order valence-electron chi connectivity index (χ3n) is 6.73. The van der Waals surface area contributed by atoms with Gasteiger partial charge in [0.05, 0.1) is 7.11 Å². The summed E-state index contributed by atoms with van der Waals surface area (Å²) < 4.78 is 18.1. The number of nitrogens with zero attached hydrogens (tertiary/aromatic N) is 6. The number of aromatic nitrogens is 6. The lowest BCUT2D eigenvalue weighted by Gasteiger charge is -2.10. The molecule has 3 aromatic heterocycles. The van der Waals surface area contributed by atoms with Crippen molar-refractivity contribution in [1.82, 2.24) is 29.9 Å². The van der Waals surface area contributed by atoms with Crippen LogP contribution in [-0.2, 0) is 0 Å². The number of methoxy groups -OCH3 is 1. The normalized spacial score (nSPS) is 10.2. The molecule has 0 aliphatic rings. The number of halogens is 1. The first kappa shape index (κ1) is 31.6. The molecule has 0 bridgehead atoms. The van der Waals surface area contributed by atoms with E-state index >= 15 is 0 Å². The Labute approximate surface area is 258 Å². The lowest BCUT2D eigenvalue weighted by atomic mass is 10.0. The zero-order valence-electron chi connectivity index (χ0n) is 25.8. The number of ether oxygens (including phenoxy) is 1. The van der Waals surface area contributed by atoms with Crippen molar-refractivity contribution in [3.63, 3.8) is 0 Å². The van der Waals surface area contributed by atoms with Gasteiger partial charge in [-0.25, -0.2) is 34.3 Å². The molecule has 8 heteroatoms. The smallest absolute Gasteiger partial charge is 0.159 e. The number of aryl methyl sites for hydroxylation is 5. The van der Waals surface area contributed by atoms with Gasteiger partial charge in [0.2, 0.25) is 0 Å². The molecule has 0 unspecified atom stereocenters. The lowest BCUT2D eigenvalue weighted by Crippen LogP contribution is -1.94. The third-order valence-corrected chi connectivity index (χ3v) is 6.73. The van der Waals surface area contributed by atoms with Crippen LogP contribution in [0.3, 0.4) is 0 Å². The van der Waals surface area contributed by atoms with Crippen LogP contribution in [0.1, 0.15) is 27.8 Å². The molecule has 7 nitrogen and oxygen atoms in total. The van der Waals surface area contributed by atoms with Gasteiger partial charge in [-0.3, -0.25) is 0 Å². The van der Waals surface area contributed by atoms with Gasteiger partial charge in [0.1, 0.15) is 11.6 Å². The summed E-state index contributed by atoms with van der Waals surface area (Å²) in [6.45, 7) is 10.1. The molecule has 0 N–H and O–H groups in total. The average Bonchev–Trinajstić information content (AvgIpc) is 3.04. The molecule has 0 aliphatic heterocycles. The summed E-state index contributed by atoms with van der Waals surface area (Å²) in [4.78, 5) is 25.2. The van der Waals surface area contributed by atoms with Crippen LogP contribution in [0.15, 0.2) is 104 Å². The van der Waals surface area contributed by atoms with Gasteiger partial charge < -0.3 is 4.74 Å². The maximum Gasteiger partial charge on any atom is 0.159 e. The maximum atomic E-state index is 12.8. The van der Waals surface area contributed by atoms with E-state index in [9.17, 15) is 4.39 Å². The highest BCUT2D eigenvalue weighted by Gasteiger charge is 2.08. The molecule has 0 saturated carbocycles. The van der Waals surface area contributed by atoms with Crippen molar-refractivity contribution >= 4 is 0 Å². The molecule has 6 aromatic rings. The largest absolute Gasteiger partial charge is 0.496 e. The van der Waals surface area contributed by atoms with E-state index in [2.05, 4.69) is 68.0 Å². The standard InChI is InChI=1S/C13H14N2O.C12H12N2.C11H9FN2/c1-9-8-12(16-3)10(2)7-11(9)13-14-5-4-6-15-13;1-9-4-5-11(10(2)8-9)12-13-6-3-7-14-12;1-8-7-9(12)3-4-10(8)11-13-5-2-6-14-11/h4-8H,1-3H3;3-8H,1-2H3;2-7H,1H3. The average molecular weight is 587 g/mol. The minimum absolute atomic E-state index is 0.234. The van der Waals surface area contributed by atoms with Crippen LogP contribution < -0.4 is 4.74 Å². The summed E-state index contributed by atoms with van der Waals surface area (Å²) in [6, 6.07) is 20.4. The van der Waals surface area contributed by atoms with Gasteiger partial charge in [0.25, 0.3) is 0 Å². The molecule has 0 amide bonds. The Morgan fingerprint density at radius 1 is 0.477 bits per heavy atom. The highest BCUT2D eigenvalue weighted by atomic mass is 19.1. The summed E-state index contributed by atoms with van der Waals surface area (Å²) in [5.74, 6) is 2.85. The highest BCUT2D eigenvalue weighted by Crippen LogP contribution is 2.27. The summed E-state index contributed by atoms with van der Waals surface area (Å²) in [6.07, 6.45) is 10.4. The first-order valence-electron chi connectivity index (χ1n) is 14.1. The van der Waals surface area contributed by atoms with Gasteiger partial charge in [0.15, 0.2) is 17.5 Å². The topological polar surface area (TPSA) is 86.6 Å². The van der Waals surface area contributed by atoms with E-state index in [1.807, 2.05) is 39.0 Å². The first-order valence-corrected chi connectivity index (χ1v) is 14.1. The second-order valence-corrected chi connectivity index (χ2v) is 10.1. The molecular formula is C36H35FN6O. The van der Waals surface area contributed by atoms with Crippen molar-refractivity contribution in [1.29, 1.82) is 0 Å². The van der Waals surface area contributed by atoms with Crippen LogP contribution in [-0.4, -0.2) is 37.0 Å². The number of hydrogen-bond donors (Lipinski definition) is 0. The van der Waals surface area contributed by atoms with Crippen molar-refractivity contribution < 1.29 is 9.13 Å². The first-order chi connectivity index (χ1) is 21.3. The zero-order valence-corrected chi connectivity index (χ0v) is 25.8. The molecule has 3 aromatic carbocycles. The van der Waals surface area contributed by atoms with E-state index in [0.29, 0.717) is 5.82 Å². The molecule has 222 valence electrons. The van der Waals surface area contributed by atoms with Crippen molar-refractivity contribution in [2.24, 2.45) is 0 Å². The van der Waals surface area contributed by atoms with Crippen molar-refractivity contribution in [2.45, 2.75) is 34.6 Å². The predicted octanol–water partition coefficient (Wildman–Crippen LogP) is 8.12. The fourth-order valence-corrected chi connectivity index (χ4v) is 4.51. The van der Waals surface area contributed by atoms with Crippen LogP contribution in [0.25, 0.3) is 34.2 Å². The second kappa shape index (κ2) is 15.2. The fraction of sp³-hybridized carbons (Fsp3) is 0.167. The molecule has 3 heterocycles. The van der Waals surface area contributed by atoms with E-state index in [0.717, 1.165) is 50.8 Å². The second-order valence-electron chi connectivity index (χ2n) is 10.1. The quantitative estimate of drug-likeness (QED) is 0.206. The molecular weight excluding hydrogens is 551 g/mol. The zero-order chi connectivity index (χ0) is 31.5. The molecule has 0 spiro atoms. The minimum atomic E-state index is -0.234. The van der Waals surface area contributed by atoms with E-state index in [1.165, 1.54) is 23.3 Å². The van der Waals surface area contributed by atoms with Crippen LogP contribution in [0.5, 0.6) is 5.75 Å². The maximum absolute atomic E-state index is 12.8. The number of hydrogen-bond acceptors (Lipinski definition) is 7. The monoisotopic (exact) mass is 586 g/mol. The van der Waals surface area contributed by atoms with Gasteiger partial charge >= 0.3 is 0 Å². The van der Waals surface area contributed by atoms with Crippen molar-refractivity contribution in [2.75, 3.05) is 7.11 Å². The Balaban J connectivity index is 0.000000151. The lowest BCUT2D eigenvalue weighted by molar-refractivity contribution is 0.411. The summed E-state index contributed by atoms with van der Waals surface area (Å²) in [7, 11) is 1.68. The third kappa shape index (κ3) is 8.35. The van der Waals surface area contributed by atoms with E-state index in [4.69, 9.17) is 4.74 Å². The van der Waals surface area contributed by atoms with Gasteiger partial charge in [-0.15, -0.1) is 0 Å². The van der Waals surface area contributed by atoms with Crippen LogP contribution in [0, 0.1) is 40.4 Å². The molecule has 0 aliphatic carbocycles. The highest BCUT2D eigenvalue weighted by molar-refractivity contribution is 5.63. The van der Waals surface area contributed by atoms with Crippen LogP contribution in [0.2, 0.25) is 0 Å². The fourth-order valence-electron chi connectivity index (χ4n) is 4.51. The molecule has 0 radical (unpaired) electrons. The number of rotatable bonds is 4. The molecule has 44 heavy (non-hydrogen) atoms. The van der Waals surface area contributed by atoms with Crippen LogP contribution >= 0.6 is 0 Å². The van der Waals surface area contributed by atoms with E-state index in [-0.39, 0.29) is 5.82 Å². The summed E-state index contributed by atoms with van der Waals surface area (Å²) >= 11 is 0. The van der Waals surface area contributed by atoms with Crippen molar-refractivity contribution in [3.8, 4) is 39.9 Å². The van der Waals surface area contributed by atoms with E-state index < -0.39 is 0 Å². The Morgan fingerprint density at radius 3 is 1.36 bits per heavy atom. The predicted molar refractivity (Wildman–Crippen MR) is 173 cm³/mol. The SMILES string of the molecule is COc1cc(C)c(-c2ncccn2)cc1C.Cc1cc(F)ccc1-c1ncccn1.Cc1ccc(-c2ncccn2)c(C)c1. The Hall–Kier alpha value is -5.37. The number of benzene rings is 3. The molecule has 0 fully saturated rings. The Bertz CT molecular complexity index is 1710. The van der Waals surface area contributed by atoms with Gasteiger partial charge in [0, 0.05) is 53.9 Å². The minimum Gasteiger partial charge on any atom is -0.496 e. The Morgan fingerprint density at radius 2 is 0.909 bits per heavy atom.